The molecule has 3 unspecified atom stereocenters. The highest BCUT2D eigenvalue weighted by Gasteiger charge is 2.28. The van der Waals surface area contributed by atoms with E-state index in [0.717, 1.165) is 0 Å². The summed E-state index contributed by atoms with van der Waals surface area (Å²) in [4.78, 5) is 7.29. The van der Waals surface area contributed by atoms with Crippen molar-refractivity contribution in [2.45, 2.75) is 31.3 Å². The number of nitrogens with one attached hydrogen (secondary N) is 3. The summed E-state index contributed by atoms with van der Waals surface area (Å²) >= 11 is 5.75. The Balaban J connectivity index is 1.79. The summed E-state index contributed by atoms with van der Waals surface area (Å²) in [5, 5.41) is 16.2. The second-order valence-corrected chi connectivity index (χ2v) is 5.89. The number of imidazole rings is 1. The van der Waals surface area contributed by atoms with Crippen molar-refractivity contribution in [2.24, 2.45) is 0 Å². The molecule has 0 fully saturated rings. The molecule has 23 heavy (non-hydrogen) atoms. The van der Waals surface area contributed by atoms with E-state index in [1.807, 2.05) is 0 Å². The van der Waals surface area contributed by atoms with Crippen LogP contribution in [0.4, 0.5) is 14.7 Å². The number of aromatic amines is 1. The monoisotopic (exact) mass is 342 g/mol. The second-order valence-electron chi connectivity index (χ2n) is 5.48. The molecule has 3 atom stereocenters. The number of aliphatic hydroxyl groups excluding tert-OH is 1. The van der Waals surface area contributed by atoms with E-state index in [1.165, 1.54) is 18.2 Å². The van der Waals surface area contributed by atoms with Crippen molar-refractivity contribution in [3.8, 4) is 0 Å². The van der Waals surface area contributed by atoms with Crippen molar-refractivity contribution in [2.75, 3.05) is 12.4 Å². The number of aromatic nitrogens is 2. The maximum absolute atomic E-state index is 13.9. The van der Waals surface area contributed by atoms with Crippen molar-refractivity contribution in [3.05, 3.63) is 40.5 Å². The lowest BCUT2D eigenvalue weighted by Gasteiger charge is -2.25. The van der Waals surface area contributed by atoms with Crippen LogP contribution in [0.3, 0.4) is 0 Å². The minimum absolute atomic E-state index is 0.000121. The van der Waals surface area contributed by atoms with Gasteiger partial charge in [0.2, 0.25) is 5.95 Å². The first-order valence-electron chi connectivity index (χ1n) is 7.28. The van der Waals surface area contributed by atoms with Crippen LogP contribution in [0.25, 0.3) is 5.57 Å². The van der Waals surface area contributed by atoms with E-state index in [2.05, 4.69) is 20.6 Å². The first kappa shape index (κ1) is 16.2. The maximum atomic E-state index is 13.9. The molecule has 1 heterocycles. The number of nitrogens with zero attached hydrogens (tertiary/aromatic N) is 1. The van der Waals surface area contributed by atoms with Crippen LogP contribution in [0.15, 0.2) is 29.1 Å². The number of anilines is 1. The van der Waals surface area contributed by atoms with Crippen LogP contribution in [-0.4, -0.2) is 40.6 Å². The Hall–Kier alpha value is -1.70. The lowest BCUT2D eigenvalue weighted by atomic mass is 9.97. The molecule has 0 amide bonds. The lowest BCUT2D eigenvalue weighted by molar-refractivity contribution is 0.182. The van der Waals surface area contributed by atoms with E-state index in [9.17, 15) is 13.9 Å². The number of hydrogen-bond acceptors (Lipinski definition) is 4. The summed E-state index contributed by atoms with van der Waals surface area (Å²) in [7, 11) is 1.70. The molecule has 0 aliphatic heterocycles. The Bertz CT molecular complexity index is 698. The third-order valence-corrected chi connectivity index (χ3v) is 4.15. The normalized spacial score (nSPS) is 25.2. The molecule has 0 radical (unpaired) electrons. The van der Waals surface area contributed by atoms with E-state index in [0.29, 0.717) is 29.3 Å². The van der Waals surface area contributed by atoms with Crippen LogP contribution < -0.4 is 10.6 Å². The highest BCUT2D eigenvalue weighted by atomic mass is 35.5. The Morgan fingerprint density at radius 1 is 1.48 bits per heavy atom. The molecule has 124 valence electrons. The quantitative estimate of drug-likeness (QED) is 0.634. The predicted molar refractivity (Wildman–Crippen MR) is 85.4 cm³/mol. The van der Waals surface area contributed by atoms with Crippen LogP contribution in [0.2, 0.25) is 0 Å². The van der Waals surface area contributed by atoms with Gasteiger partial charge in [-0.1, -0.05) is 11.6 Å². The maximum Gasteiger partial charge on any atom is 0.200 e. The van der Waals surface area contributed by atoms with E-state index in [1.54, 1.807) is 7.05 Å². The number of halogens is 3. The van der Waals surface area contributed by atoms with Crippen molar-refractivity contribution in [1.29, 1.82) is 0 Å². The van der Waals surface area contributed by atoms with Crippen molar-refractivity contribution in [3.63, 3.8) is 0 Å². The standard InChI is InChI=1S/C15H17ClF2N4O/c1-19-15-21-12-5-7(17)4-9(13(12)22-15)14(23)20-8-2-3-11(18)10(16)6-8/h3-4,6-8,14,20,23H,2,5H2,1H3,(H2,19,21,22). The van der Waals surface area contributed by atoms with Gasteiger partial charge in [-0.2, -0.15) is 0 Å². The number of rotatable bonds is 4. The summed E-state index contributed by atoms with van der Waals surface area (Å²) in [5.74, 6) is 0.0287. The average molecular weight is 343 g/mol. The fourth-order valence-corrected chi connectivity index (χ4v) is 2.95. The average Bonchev–Trinajstić information content (AvgIpc) is 2.93. The third-order valence-electron chi connectivity index (χ3n) is 3.84. The molecule has 0 saturated heterocycles. The van der Waals surface area contributed by atoms with Gasteiger partial charge >= 0.3 is 0 Å². The molecular weight excluding hydrogens is 326 g/mol. The molecule has 4 N–H and O–H groups in total. The summed E-state index contributed by atoms with van der Waals surface area (Å²) in [6.45, 7) is 0. The van der Waals surface area contributed by atoms with E-state index >= 15 is 0 Å². The summed E-state index contributed by atoms with van der Waals surface area (Å²) < 4.78 is 27.1. The SMILES string of the molecule is CNc1nc2c([nH]1)CC(F)C=C2C(O)NC1C=C(Cl)C(F)=CC1. The Morgan fingerprint density at radius 3 is 2.96 bits per heavy atom. The van der Waals surface area contributed by atoms with Gasteiger partial charge in [0.15, 0.2) is 0 Å². The summed E-state index contributed by atoms with van der Waals surface area (Å²) in [5.41, 5.74) is 1.51. The zero-order valence-corrected chi connectivity index (χ0v) is 13.2. The zero-order chi connectivity index (χ0) is 16.6. The summed E-state index contributed by atoms with van der Waals surface area (Å²) in [6, 6.07) is -0.343. The van der Waals surface area contributed by atoms with Gasteiger partial charge in [0.05, 0.1) is 10.7 Å². The van der Waals surface area contributed by atoms with E-state index in [4.69, 9.17) is 11.6 Å². The molecule has 0 spiro atoms. The molecule has 0 bridgehead atoms. The molecule has 1 aromatic rings. The van der Waals surface area contributed by atoms with Gasteiger partial charge in [0, 0.05) is 30.8 Å². The first-order chi connectivity index (χ1) is 11.0. The van der Waals surface area contributed by atoms with Crippen LogP contribution >= 0.6 is 11.6 Å². The molecule has 2 aliphatic rings. The fourth-order valence-electron chi connectivity index (χ4n) is 2.72. The van der Waals surface area contributed by atoms with Crippen LogP contribution in [0.1, 0.15) is 17.8 Å². The highest BCUT2D eigenvalue weighted by molar-refractivity contribution is 6.31. The number of alkyl halides is 1. The largest absolute Gasteiger partial charge is 0.374 e. The number of aliphatic hydroxyl groups is 1. The number of hydrogen-bond donors (Lipinski definition) is 4. The Kier molecular flexibility index (Phi) is 4.52. The van der Waals surface area contributed by atoms with E-state index in [-0.39, 0.29) is 17.5 Å². The van der Waals surface area contributed by atoms with Crippen LogP contribution in [0.5, 0.6) is 0 Å². The van der Waals surface area contributed by atoms with Gasteiger partial charge in [-0.05, 0) is 24.6 Å². The minimum Gasteiger partial charge on any atom is -0.374 e. The van der Waals surface area contributed by atoms with Crippen molar-refractivity contribution >= 4 is 23.1 Å². The first-order valence-corrected chi connectivity index (χ1v) is 7.66. The molecule has 0 saturated carbocycles. The van der Waals surface area contributed by atoms with Crippen LogP contribution in [0, 0.1) is 0 Å². The van der Waals surface area contributed by atoms with Gasteiger partial charge in [-0.3, -0.25) is 5.32 Å². The topological polar surface area (TPSA) is 73.0 Å². The Morgan fingerprint density at radius 2 is 2.26 bits per heavy atom. The lowest BCUT2D eigenvalue weighted by Crippen LogP contribution is -2.39. The van der Waals surface area contributed by atoms with Gasteiger partial charge in [-0.15, -0.1) is 0 Å². The van der Waals surface area contributed by atoms with Gasteiger partial charge in [0.1, 0.15) is 18.2 Å². The molecule has 1 aromatic heterocycles. The van der Waals surface area contributed by atoms with E-state index < -0.39 is 18.2 Å². The molecule has 5 nitrogen and oxygen atoms in total. The van der Waals surface area contributed by atoms with Crippen LogP contribution in [-0.2, 0) is 6.42 Å². The zero-order valence-electron chi connectivity index (χ0n) is 12.4. The van der Waals surface area contributed by atoms with Gasteiger partial charge < -0.3 is 15.4 Å². The number of allylic oxidation sites excluding steroid dienone is 3. The van der Waals surface area contributed by atoms with Crippen molar-refractivity contribution < 1.29 is 13.9 Å². The van der Waals surface area contributed by atoms with Gasteiger partial charge in [-0.25, -0.2) is 13.8 Å². The van der Waals surface area contributed by atoms with Gasteiger partial charge in [0.25, 0.3) is 0 Å². The highest BCUT2D eigenvalue weighted by Crippen LogP contribution is 2.30. The molecule has 2 aliphatic carbocycles. The third kappa shape index (κ3) is 3.31. The predicted octanol–water partition coefficient (Wildman–Crippen LogP) is 2.39. The molecular formula is C15H17ClF2N4O. The molecule has 8 heteroatoms. The minimum atomic E-state index is -1.21. The number of H-pyrrole nitrogens is 1. The molecule has 0 aromatic carbocycles. The van der Waals surface area contributed by atoms with Crippen molar-refractivity contribution in [1.82, 2.24) is 15.3 Å². The second kappa shape index (κ2) is 6.43. The number of fused-ring (bicyclic) bond motifs is 1. The smallest absolute Gasteiger partial charge is 0.200 e. The molecule has 3 rings (SSSR count). The fraction of sp³-hybridized carbons (Fsp3) is 0.400. The Labute approximate surface area is 137 Å². The summed E-state index contributed by atoms with van der Waals surface area (Å²) in [6.07, 6.45) is 2.37.